The van der Waals surface area contributed by atoms with Crippen LogP contribution in [-0.2, 0) is 28.2 Å². The van der Waals surface area contributed by atoms with E-state index in [0.29, 0.717) is 25.7 Å². The zero-order valence-corrected chi connectivity index (χ0v) is 35.9. The van der Waals surface area contributed by atoms with Crippen LogP contribution in [0.15, 0.2) is 60.8 Å². The van der Waals surface area contributed by atoms with Crippen LogP contribution in [0.2, 0.25) is 0 Å². The van der Waals surface area contributed by atoms with Crippen molar-refractivity contribution in [3.63, 3.8) is 0 Å². The van der Waals surface area contributed by atoms with Crippen LogP contribution in [0.25, 0.3) is 0 Å². The molecule has 0 saturated heterocycles. The van der Waals surface area contributed by atoms with E-state index >= 15 is 0 Å². The summed E-state index contributed by atoms with van der Waals surface area (Å²) in [6.07, 6.45) is 37.2. The van der Waals surface area contributed by atoms with Crippen molar-refractivity contribution in [3.05, 3.63) is 60.8 Å². The van der Waals surface area contributed by atoms with E-state index in [1.165, 1.54) is 25.7 Å². The van der Waals surface area contributed by atoms with E-state index < -0.39 is 50.8 Å². The fraction of sp³-hybridized carbons (Fsp3) is 0.733. The van der Waals surface area contributed by atoms with Gasteiger partial charge in [-0.3, -0.25) is 14.1 Å². The molecule has 0 amide bonds. The maximum atomic E-state index is 12.5. The molecule has 1 fully saturated rings. The highest BCUT2D eigenvalue weighted by atomic mass is 31.2. The monoisotopic (exact) mass is 825 g/mol. The topological polar surface area (TPSA) is 180 Å². The number of hydrogen-bond donors (Lipinski definition) is 5. The number of hydrogen-bond acceptors (Lipinski definition) is 9. The first-order valence-electron chi connectivity index (χ1n) is 21.8. The molecule has 1 aliphatic rings. The second-order valence-electron chi connectivity index (χ2n) is 15.3. The van der Waals surface area contributed by atoms with E-state index in [4.69, 9.17) is 19.3 Å². The molecule has 0 aliphatic heterocycles. The molecule has 328 valence electrons. The first-order valence-corrected chi connectivity index (χ1v) is 23.4. The second-order valence-corrected chi connectivity index (χ2v) is 16.5. The first kappa shape index (κ1) is 52.6. The zero-order chi connectivity index (χ0) is 42.0. The molecular formula is C45H77O11P. The number of phosphoric acid groups is 1. The molecule has 0 radical (unpaired) electrons. The van der Waals surface area contributed by atoms with E-state index in [0.717, 1.165) is 83.5 Å². The van der Waals surface area contributed by atoms with Crippen molar-refractivity contribution in [1.82, 2.24) is 0 Å². The molecule has 0 aromatic rings. The minimum atomic E-state index is -4.82. The molecule has 0 aromatic heterocycles. The maximum absolute atomic E-state index is 12.5. The number of carbonyl (C=O) groups is 2. The molecule has 11 nitrogen and oxygen atoms in total. The Bertz CT molecular complexity index is 1220. The van der Waals surface area contributed by atoms with Crippen molar-refractivity contribution >= 4 is 19.8 Å². The van der Waals surface area contributed by atoms with Crippen molar-refractivity contribution < 1.29 is 53.3 Å². The summed E-state index contributed by atoms with van der Waals surface area (Å²) in [5.74, 6) is -1.35. The van der Waals surface area contributed by atoms with Crippen LogP contribution in [0.4, 0.5) is 0 Å². The average Bonchev–Trinajstić information content (AvgIpc) is 3.44. The lowest BCUT2D eigenvalue weighted by atomic mass is 9.88. The predicted molar refractivity (Wildman–Crippen MR) is 227 cm³/mol. The van der Waals surface area contributed by atoms with Gasteiger partial charge in [0.1, 0.15) is 6.61 Å². The zero-order valence-electron chi connectivity index (χ0n) is 35.0. The van der Waals surface area contributed by atoms with Gasteiger partial charge >= 0.3 is 19.8 Å². The van der Waals surface area contributed by atoms with Gasteiger partial charge in [-0.1, -0.05) is 132 Å². The number of aliphatic hydroxyl groups is 3. The van der Waals surface area contributed by atoms with Gasteiger partial charge in [0.05, 0.1) is 24.9 Å². The highest BCUT2D eigenvalue weighted by Crippen LogP contribution is 2.38. The lowest BCUT2D eigenvalue weighted by Gasteiger charge is -2.21. The molecule has 1 saturated carbocycles. The molecule has 0 aromatic carbocycles. The Morgan fingerprint density at radius 1 is 0.684 bits per heavy atom. The summed E-state index contributed by atoms with van der Waals surface area (Å²) in [7, 11) is -4.82. The van der Waals surface area contributed by atoms with Gasteiger partial charge in [-0.2, -0.15) is 0 Å². The molecule has 0 unspecified atom stereocenters. The van der Waals surface area contributed by atoms with Gasteiger partial charge in [0.25, 0.3) is 0 Å². The summed E-state index contributed by atoms with van der Waals surface area (Å²) in [6.45, 7) is 3.35. The Morgan fingerprint density at radius 2 is 1.23 bits per heavy atom. The number of carbonyl (C=O) groups excluding carboxylic acids is 2. The number of rotatable bonds is 35. The summed E-state index contributed by atoms with van der Waals surface area (Å²) < 4.78 is 26.4. The lowest BCUT2D eigenvalue weighted by molar-refractivity contribution is -0.161. The smallest absolute Gasteiger partial charge is 0.462 e. The maximum Gasteiger partial charge on any atom is 0.469 e. The number of esters is 2. The largest absolute Gasteiger partial charge is 0.469 e. The normalized spacial score (nSPS) is 20.2. The fourth-order valence-electron chi connectivity index (χ4n) is 6.80. The molecule has 12 heteroatoms. The Kier molecular flexibility index (Phi) is 31.9. The van der Waals surface area contributed by atoms with Crippen molar-refractivity contribution in [1.29, 1.82) is 0 Å². The van der Waals surface area contributed by atoms with E-state index in [1.54, 1.807) is 6.08 Å². The molecule has 1 aliphatic carbocycles. The number of allylic oxidation sites excluding steroid dienone is 8. The molecule has 0 bridgehead atoms. The standard InChI is InChI=1S/C45H77O11P/c1-3-5-7-8-9-10-11-12-13-14-15-16-17-18-19-20-21-22-28-32-45(50)56-39(37-55-57(51,52)53)36-54-44(49)31-27-24-23-26-30-40-41(43(48)35-42(40)47)34-33-38(46)29-25-6-4-2/h9-10,12-13,15-16,18-19,33-34,38-43,46-48H,3-8,11,14,17,20-32,35-37H2,1-2H3,(H2,51,52,53)/b10-9-,13-12-,16-15-,19-18-,34-33+/t38-,39+,40+,41+,42-,43+/m0/s1. The number of ether oxygens (including phenoxy) is 2. The van der Waals surface area contributed by atoms with Gasteiger partial charge in [-0.25, -0.2) is 4.57 Å². The summed E-state index contributed by atoms with van der Waals surface area (Å²) >= 11 is 0. The van der Waals surface area contributed by atoms with Gasteiger partial charge in [-0.05, 0) is 76.5 Å². The molecule has 57 heavy (non-hydrogen) atoms. The van der Waals surface area contributed by atoms with Crippen LogP contribution in [0.5, 0.6) is 0 Å². The number of phosphoric ester groups is 1. The van der Waals surface area contributed by atoms with E-state index in [9.17, 15) is 29.5 Å². The summed E-state index contributed by atoms with van der Waals surface area (Å²) in [4.78, 5) is 43.1. The van der Waals surface area contributed by atoms with Crippen LogP contribution in [0.1, 0.15) is 162 Å². The minimum Gasteiger partial charge on any atom is -0.462 e. The Hall–Kier alpha value is -2.37. The van der Waals surface area contributed by atoms with E-state index in [1.807, 2.05) is 6.08 Å². The lowest BCUT2D eigenvalue weighted by Crippen LogP contribution is -2.29. The van der Waals surface area contributed by atoms with E-state index in [2.05, 4.69) is 67.0 Å². The third-order valence-electron chi connectivity index (χ3n) is 10.1. The van der Waals surface area contributed by atoms with Gasteiger partial charge in [0.15, 0.2) is 6.10 Å². The Balaban J connectivity index is 2.27. The van der Waals surface area contributed by atoms with Crippen molar-refractivity contribution in [2.75, 3.05) is 13.2 Å². The number of aliphatic hydroxyl groups excluding tert-OH is 3. The predicted octanol–water partition coefficient (Wildman–Crippen LogP) is 9.67. The molecular weight excluding hydrogens is 747 g/mol. The third-order valence-corrected chi connectivity index (χ3v) is 10.6. The summed E-state index contributed by atoms with van der Waals surface area (Å²) in [5.41, 5.74) is 0. The average molecular weight is 825 g/mol. The van der Waals surface area contributed by atoms with Crippen LogP contribution in [0, 0.1) is 11.8 Å². The molecule has 0 spiro atoms. The van der Waals surface area contributed by atoms with Gasteiger partial charge in [-0.15, -0.1) is 0 Å². The van der Waals surface area contributed by atoms with Gasteiger partial charge in [0.2, 0.25) is 0 Å². The van der Waals surface area contributed by atoms with Crippen LogP contribution >= 0.6 is 7.82 Å². The van der Waals surface area contributed by atoms with Crippen LogP contribution < -0.4 is 0 Å². The highest BCUT2D eigenvalue weighted by molar-refractivity contribution is 7.46. The summed E-state index contributed by atoms with van der Waals surface area (Å²) in [6, 6.07) is 0. The SMILES string of the molecule is CCCCC/C=C\C/C=C\C/C=C\C/C=C\CCCCCC(=O)O[C@H](COC(=O)CCCCCC[C@@H]1[C@@H](/C=C/[C@@H](O)CCCCC)[C@H](O)C[C@@H]1O)COP(=O)(O)O. The molecule has 6 atom stereocenters. The van der Waals surface area contributed by atoms with Crippen LogP contribution in [-0.4, -0.2) is 74.7 Å². The first-order chi connectivity index (χ1) is 27.5. The fourth-order valence-corrected chi connectivity index (χ4v) is 7.17. The van der Waals surface area contributed by atoms with Crippen LogP contribution in [0.3, 0.4) is 0 Å². The minimum absolute atomic E-state index is 0.0882. The van der Waals surface area contributed by atoms with E-state index in [-0.39, 0.29) is 31.3 Å². The van der Waals surface area contributed by atoms with Gasteiger partial charge in [0, 0.05) is 25.2 Å². The van der Waals surface area contributed by atoms with Crippen molar-refractivity contribution in [2.45, 2.75) is 186 Å². The number of unbranched alkanes of at least 4 members (excludes halogenated alkanes) is 11. The molecule has 0 heterocycles. The Morgan fingerprint density at radius 3 is 1.84 bits per heavy atom. The highest BCUT2D eigenvalue weighted by Gasteiger charge is 2.39. The second kappa shape index (κ2) is 34.5. The third kappa shape index (κ3) is 30.4. The Labute approximate surface area is 344 Å². The summed E-state index contributed by atoms with van der Waals surface area (Å²) in [5, 5.41) is 31.3. The molecule has 1 rings (SSSR count). The quantitative estimate of drug-likeness (QED) is 0.0178. The molecule has 5 N–H and O–H groups in total. The van der Waals surface area contributed by atoms with Crippen molar-refractivity contribution in [2.24, 2.45) is 11.8 Å². The van der Waals surface area contributed by atoms with Gasteiger partial charge < -0.3 is 34.6 Å². The van der Waals surface area contributed by atoms with Crippen molar-refractivity contribution in [3.8, 4) is 0 Å².